The maximum Gasteiger partial charge on any atom is 0.311 e. The van der Waals surface area contributed by atoms with Crippen LogP contribution in [-0.4, -0.2) is 13.1 Å². The summed E-state index contributed by atoms with van der Waals surface area (Å²) in [5, 5.41) is 0. The molecule has 0 saturated heterocycles. The molecule has 1 aliphatic rings. The second-order valence-corrected chi connectivity index (χ2v) is 4.98. The van der Waals surface area contributed by atoms with Gasteiger partial charge < -0.3 is 9.47 Å². The molecule has 0 atom stereocenters. The number of benzene rings is 1. The summed E-state index contributed by atoms with van der Waals surface area (Å²) in [5.41, 5.74) is 1.09. The molecule has 1 aromatic rings. The van der Waals surface area contributed by atoms with E-state index >= 15 is 0 Å². The third-order valence-electron chi connectivity index (χ3n) is 3.47. The van der Waals surface area contributed by atoms with Gasteiger partial charge in [0.25, 0.3) is 0 Å². The van der Waals surface area contributed by atoms with E-state index in [0.717, 1.165) is 18.4 Å². The largest absolute Gasteiger partial charge is 0.493 e. The summed E-state index contributed by atoms with van der Waals surface area (Å²) in [6.07, 6.45) is 5.31. The van der Waals surface area contributed by atoms with Gasteiger partial charge in [0.05, 0.1) is 7.11 Å². The van der Waals surface area contributed by atoms with Crippen molar-refractivity contribution in [2.45, 2.75) is 39.0 Å². The fraction of sp³-hybridized carbons (Fsp3) is 0.533. The average Bonchev–Trinajstić information content (AvgIpc) is 2.84. The number of methoxy groups -OCH3 is 1. The molecule has 0 spiro atoms. The van der Waals surface area contributed by atoms with E-state index in [4.69, 9.17) is 9.47 Å². The number of hydrogen-bond donors (Lipinski definition) is 0. The third kappa shape index (κ3) is 3.25. The molecular weight excluding hydrogens is 228 g/mol. The van der Waals surface area contributed by atoms with E-state index in [1.54, 1.807) is 13.2 Å². The van der Waals surface area contributed by atoms with Gasteiger partial charge in [-0.15, -0.1) is 0 Å². The summed E-state index contributed by atoms with van der Waals surface area (Å²) in [4.78, 5) is 11.8. The minimum Gasteiger partial charge on any atom is -0.493 e. The number of rotatable bonds is 4. The van der Waals surface area contributed by atoms with Crippen LogP contribution in [0.3, 0.4) is 0 Å². The number of aryl methyl sites for hydroxylation is 1. The van der Waals surface area contributed by atoms with Gasteiger partial charge in [-0.1, -0.05) is 18.9 Å². The zero-order valence-corrected chi connectivity index (χ0v) is 11.1. The van der Waals surface area contributed by atoms with Crippen molar-refractivity contribution in [2.24, 2.45) is 5.92 Å². The van der Waals surface area contributed by atoms with Crippen LogP contribution >= 0.6 is 0 Å². The fourth-order valence-electron chi connectivity index (χ4n) is 2.47. The quantitative estimate of drug-likeness (QED) is 0.604. The van der Waals surface area contributed by atoms with Gasteiger partial charge in [-0.25, -0.2) is 0 Å². The van der Waals surface area contributed by atoms with Gasteiger partial charge in [0.1, 0.15) is 0 Å². The Hall–Kier alpha value is -1.51. The van der Waals surface area contributed by atoms with Crippen LogP contribution in [0.1, 0.15) is 37.7 Å². The Kier molecular flexibility index (Phi) is 4.24. The SMILES string of the molecule is COc1cc(C)ccc1OC(=O)CC1CCCC1. The van der Waals surface area contributed by atoms with E-state index < -0.39 is 0 Å². The number of esters is 1. The summed E-state index contributed by atoms with van der Waals surface area (Å²) in [6.45, 7) is 1.98. The minimum atomic E-state index is -0.149. The van der Waals surface area contributed by atoms with Crippen molar-refractivity contribution >= 4 is 5.97 Å². The van der Waals surface area contributed by atoms with Crippen LogP contribution in [0, 0.1) is 12.8 Å². The van der Waals surface area contributed by atoms with E-state index in [9.17, 15) is 4.79 Å². The summed E-state index contributed by atoms with van der Waals surface area (Å²) < 4.78 is 10.6. The van der Waals surface area contributed by atoms with E-state index in [1.165, 1.54) is 12.8 Å². The minimum absolute atomic E-state index is 0.149. The molecule has 3 heteroatoms. The van der Waals surface area contributed by atoms with Crippen LogP contribution in [0.2, 0.25) is 0 Å². The van der Waals surface area contributed by atoms with E-state index in [0.29, 0.717) is 23.8 Å². The zero-order valence-electron chi connectivity index (χ0n) is 11.1. The van der Waals surface area contributed by atoms with Crippen LogP contribution in [0.15, 0.2) is 18.2 Å². The Bertz CT molecular complexity index is 420. The molecular formula is C15H20O3. The molecule has 98 valence electrons. The molecule has 0 aliphatic heterocycles. The van der Waals surface area contributed by atoms with E-state index in [-0.39, 0.29) is 5.97 Å². The normalized spacial score (nSPS) is 15.7. The van der Waals surface area contributed by atoms with Gasteiger partial charge in [-0.2, -0.15) is 0 Å². The maximum absolute atomic E-state index is 11.8. The fourth-order valence-corrected chi connectivity index (χ4v) is 2.47. The highest BCUT2D eigenvalue weighted by Crippen LogP contribution is 2.31. The number of carbonyl (C=O) groups excluding carboxylic acids is 1. The second-order valence-electron chi connectivity index (χ2n) is 4.98. The maximum atomic E-state index is 11.8. The van der Waals surface area contributed by atoms with Crippen molar-refractivity contribution in [1.82, 2.24) is 0 Å². The van der Waals surface area contributed by atoms with Gasteiger partial charge in [-0.05, 0) is 43.4 Å². The predicted molar refractivity (Wildman–Crippen MR) is 69.9 cm³/mol. The van der Waals surface area contributed by atoms with Crippen molar-refractivity contribution in [3.63, 3.8) is 0 Å². The Labute approximate surface area is 108 Å². The summed E-state index contributed by atoms with van der Waals surface area (Å²) in [7, 11) is 1.59. The second kappa shape index (κ2) is 5.89. The molecule has 3 nitrogen and oxygen atoms in total. The third-order valence-corrected chi connectivity index (χ3v) is 3.47. The van der Waals surface area contributed by atoms with Crippen LogP contribution < -0.4 is 9.47 Å². The summed E-state index contributed by atoms with van der Waals surface area (Å²) >= 11 is 0. The van der Waals surface area contributed by atoms with Gasteiger partial charge >= 0.3 is 5.97 Å². The molecule has 0 heterocycles. The van der Waals surface area contributed by atoms with Crippen LogP contribution in [-0.2, 0) is 4.79 Å². The van der Waals surface area contributed by atoms with Crippen molar-refractivity contribution in [1.29, 1.82) is 0 Å². The smallest absolute Gasteiger partial charge is 0.311 e. The molecule has 0 radical (unpaired) electrons. The van der Waals surface area contributed by atoms with E-state index in [1.807, 2.05) is 19.1 Å². The van der Waals surface area contributed by atoms with Gasteiger partial charge in [0, 0.05) is 6.42 Å². The summed E-state index contributed by atoms with van der Waals surface area (Å²) in [5.74, 6) is 1.50. The van der Waals surface area contributed by atoms with Gasteiger partial charge in [-0.3, -0.25) is 4.79 Å². The molecule has 0 bridgehead atoms. The first-order valence-electron chi connectivity index (χ1n) is 6.54. The lowest BCUT2D eigenvalue weighted by Crippen LogP contribution is -2.12. The van der Waals surface area contributed by atoms with E-state index in [2.05, 4.69) is 0 Å². The molecule has 0 N–H and O–H groups in total. The Morgan fingerprint density at radius 2 is 2.00 bits per heavy atom. The highest BCUT2D eigenvalue weighted by molar-refractivity contribution is 5.73. The van der Waals surface area contributed by atoms with Crippen LogP contribution in [0.4, 0.5) is 0 Å². The van der Waals surface area contributed by atoms with Crippen molar-refractivity contribution in [3.05, 3.63) is 23.8 Å². The van der Waals surface area contributed by atoms with Gasteiger partial charge in [0.15, 0.2) is 11.5 Å². The lowest BCUT2D eigenvalue weighted by atomic mass is 10.0. The monoisotopic (exact) mass is 248 g/mol. The van der Waals surface area contributed by atoms with Crippen LogP contribution in [0.5, 0.6) is 11.5 Å². The molecule has 1 saturated carbocycles. The van der Waals surface area contributed by atoms with Gasteiger partial charge in [0.2, 0.25) is 0 Å². The molecule has 18 heavy (non-hydrogen) atoms. The number of ether oxygens (including phenoxy) is 2. The lowest BCUT2D eigenvalue weighted by molar-refractivity contribution is -0.135. The molecule has 2 rings (SSSR count). The van der Waals surface area contributed by atoms with Crippen LogP contribution in [0.25, 0.3) is 0 Å². The first kappa shape index (κ1) is 12.9. The molecule has 1 aliphatic carbocycles. The topological polar surface area (TPSA) is 35.5 Å². The first-order chi connectivity index (χ1) is 8.69. The standard InChI is InChI=1S/C15H20O3/c1-11-7-8-13(14(9-11)17-2)18-15(16)10-12-5-3-4-6-12/h7-9,12H,3-6,10H2,1-2H3. The Morgan fingerprint density at radius 3 is 2.67 bits per heavy atom. The van der Waals surface area contributed by atoms with Crippen molar-refractivity contribution < 1.29 is 14.3 Å². The zero-order chi connectivity index (χ0) is 13.0. The predicted octanol–water partition coefficient (Wildman–Crippen LogP) is 3.49. The highest BCUT2D eigenvalue weighted by Gasteiger charge is 2.20. The number of hydrogen-bond acceptors (Lipinski definition) is 3. The molecule has 1 aromatic carbocycles. The average molecular weight is 248 g/mol. The molecule has 0 unspecified atom stereocenters. The molecule has 0 amide bonds. The van der Waals surface area contributed by atoms with Crippen molar-refractivity contribution in [3.8, 4) is 11.5 Å². The summed E-state index contributed by atoms with van der Waals surface area (Å²) in [6, 6.07) is 5.58. The van der Waals surface area contributed by atoms with Crippen molar-refractivity contribution in [2.75, 3.05) is 7.11 Å². The Morgan fingerprint density at radius 1 is 1.28 bits per heavy atom. The first-order valence-corrected chi connectivity index (χ1v) is 6.54. The lowest BCUT2D eigenvalue weighted by Gasteiger charge is -2.11. The molecule has 1 fully saturated rings. The number of carbonyl (C=O) groups is 1. The molecule has 0 aromatic heterocycles. The highest BCUT2D eigenvalue weighted by atomic mass is 16.6. The Balaban J connectivity index is 1.97.